The standard InChI is InChI=1S/C29H28ClF3N6O3/c1-27(2,26(41)42)14-15-5-7-16(8-6-15)28(3)20-22(34)35-24(36-23(20)37-25(28)40)21-18-10-9-17(30)13-19(18)39(38-21)12-4-11-29(31,32)33/h5-10,13H,4,11-12,14H2,1-3H3,(H,41,42)(H3,34,35,36,37,40)/t28-/m1/s1. The number of aliphatic carboxylic acids is 1. The fraction of sp³-hybridized carbons (Fsp3) is 0.345. The zero-order valence-electron chi connectivity index (χ0n) is 23.0. The van der Waals surface area contributed by atoms with E-state index in [1.165, 1.54) is 4.68 Å². The van der Waals surface area contributed by atoms with Gasteiger partial charge in [0.15, 0.2) is 5.82 Å². The highest BCUT2D eigenvalue weighted by Gasteiger charge is 2.47. The SMILES string of the molecule is CC(C)(Cc1ccc([C@@]2(C)C(=O)Nc3nc(-c4nn(CCCC(F)(F)F)c5cc(Cl)ccc45)nc(N)c32)cc1)C(=O)O. The number of nitrogens with zero attached hydrogens (tertiary/aromatic N) is 4. The second-order valence-corrected chi connectivity index (χ2v) is 11.7. The van der Waals surface area contributed by atoms with Crippen LogP contribution in [0.2, 0.25) is 5.02 Å². The lowest BCUT2D eigenvalue weighted by Gasteiger charge is -2.24. The van der Waals surface area contributed by atoms with Gasteiger partial charge in [0, 0.05) is 23.4 Å². The number of alkyl halides is 3. The summed E-state index contributed by atoms with van der Waals surface area (Å²) in [6.45, 7) is 4.98. The van der Waals surface area contributed by atoms with Crippen molar-refractivity contribution >= 4 is 46.0 Å². The van der Waals surface area contributed by atoms with Gasteiger partial charge in [-0.1, -0.05) is 35.9 Å². The highest BCUT2D eigenvalue weighted by atomic mass is 35.5. The number of halogens is 4. The summed E-state index contributed by atoms with van der Waals surface area (Å²) in [6, 6.07) is 12.0. The Hall–Kier alpha value is -4.19. The zero-order chi connectivity index (χ0) is 30.6. The Morgan fingerprint density at radius 3 is 2.48 bits per heavy atom. The van der Waals surface area contributed by atoms with E-state index in [4.69, 9.17) is 17.3 Å². The molecule has 2 aromatic carbocycles. The number of benzene rings is 2. The minimum atomic E-state index is -4.29. The van der Waals surface area contributed by atoms with E-state index in [2.05, 4.69) is 20.4 Å². The molecule has 0 aliphatic carbocycles. The van der Waals surface area contributed by atoms with Gasteiger partial charge in [-0.2, -0.15) is 18.3 Å². The van der Waals surface area contributed by atoms with Gasteiger partial charge in [-0.15, -0.1) is 0 Å². The smallest absolute Gasteiger partial charge is 0.389 e. The third-order valence-electron chi connectivity index (χ3n) is 7.64. The monoisotopic (exact) mass is 600 g/mol. The minimum Gasteiger partial charge on any atom is -0.481 e. The van der Waals surface area contributed by atoms with Crippen LogP contribution in [0.25, 0.3) is 22.4 Å². The highest BCUT2D eigenvalue weighted by Crippen LogP contribution is 2.45. The molecule has 0 unspecified atom stereocenters. The van der Waals surface area contributed by atoms with Crippen molar-refractivity contribution in [3.05, 3.63) is 64.2 Å². The van der Waals surface area contributed by atoms with Crippen LogP contribution in [0.3, 0.4) is 0 Å². The number of fused-ring (bicyclic) bond motifs is 2. The van der Waals surface area contributed by atoms with Gasteiger partial charge in [-0.3, -0.25) is 14.3 Å². The molecule has 13 heteroatoms. The van der Waals surface area contributed by atoms with Gasteiger partial charge in [0.2, 0.25) is 5.91 Å². The van der Waals surface area contributed by atoms with Crippen molar-refractivity contribution in [3.8, 4) is 11.5 Å². The van der Waals surface area contributed by atoms with Crippen molar-refractivity contribution in [2.45, 2.75) is 58.2 Å². The van der Waals surface area contributed by atoms with Gasteiger partial charge < -0.3 is 16.2 Å². The third kappa shape index (κ3) is 5.26. The summed E-state index contributed by atoms with van der Waals surface area (Å²) in [5, 5.41) is 17.7. The Kier molecular flexibility index (Phi) is 7.16. The molecule has 5 rings (SSSR count). The molecule has 220 valence electrons. The number of hydrogen-bond acceptors (Lipinski definition) is 6. The molecule has 1 amide bonds. The molecule has 1 atom stereocenters. The van der Waals surface area contributed by atoms with E-state index in [0.29, 0.717) is 33.5 Å². The van der Waals surface area contributed by atoms with Crippen LogP contribution in [0.15, 0.2) is 42.5 Å². The van der Waals surface area contributed by atoms with Crippen LogP contribution < -0.4 is 11.1 Å². The molecule has 0 spiro atoms. The van der Waals surface area contributed by atoms with Gasteiger partial charge in [0.05, 0.1) is 16.5 Å². The van der Waals surface area contributed by atoms with Gasteiger partial charge >= 0.3 is 12.1 Å². The van der Waals surface area contributed by atoms with E-state index in [9.17, 15) is 27.9 Å². The van der Waals surface area contributed by atoms with E-state index >= 15 is 0 Å². The van der Waals surface area contributed by atoms with Crippen molar-refractivity contribution in [1.29, 1.82) is 0 Å². The minimum absolute atomic E-state index is 0.00871. The van der Waals surface area contributed by atoms with E-state index in [-0.39, 0.29) is 42.0 Å². The molecular weight excluding hydrogens is 573 g/mol. The molecule has 0 bridgehead atoms. The molecule has 42 heavy (non-hydrogen) atoms. The molecule has 2 aromatic heterocycles. The van der Waals surface area contributed by atoms with Crippen molar-refractivity contribution in [2.75, 3.05) is 11.1 Å². The number of carboxylic acids is 1. The number of carbonyl (C=O) groups is 2. The number of rotatable bonds is 8. The van der Waals surface area contributed by atoms with Crippen molar-refractivity contribution in [2.24, 2.45) is 5.41 Å². The second-order valence-electron chi connectivity index (χ2n) is 11.2. The number of nitrogens with two attached hydrogens (primary N) is 1. The second kappa shape index (κ2) is 10.3. The Balaban J connectivity index is 1.52. The molecule has 4 N–H and O–H groups in total. The van der Waals surface area contributed by atoms with Gasteiger partial charge in [-0.05, 0) is 62.9 Å². The first kappa shape index (κ1) is 29.3. The van der Waals surface area contributed by atoms with E-state index in [1.807, 2.05) is 0 Å². The van der Waals surface area contributed by atoms with E-state index in [0.717, 1.165) is 5.56 Å². The predicted octanol–water partition coefficient (Wildman–Crippen LogP) is 5.98. The summed E-state index contributed by atoms with van der Waals surface area (Å²) >= 11 is 6.17. The maximum atomic E-state index is 13.4. The van der Waals surface area contributed by atoms with Gasteiger partial charge in [0.25, 0.3) is 0 Å². The molecule has 0 saturated heterocycles. The molecule has 9 nitrogen and oxygen atoms in total. The quantitative estimate of drug-likeness (QED) is 0.226. The first-order valence-electron chi connectivity index (χ1n) is 13.2. The average molecular weight is 601 g/mol. The molecule has 0 radical (unpaired) electrons. The van der Waals surface area contributed by atoms with Gasteiger partial charge in [0.1, 0.15) is 22.7 Å². The lowest BCUT2D eigenvalue weighted by atomic mass is 9.77. The number of nitrogens with one attached hydrogen (secondary N) is 1. The summed E-state index contributed by atoms with van der Waals surface area (Å²) in [7, 11) is 0. The molecule has 4 aromatic rings. The number of nitrogen functional groups attached to an aromatic ring is 1. The fourth-order valence-corrected chi connectivity index (χ4v) is 5.41. The van der Waals surface area contributed by atoms with Crippen LogP contribution in [0.1, 0.15) is 50.3 Å². The topological polar surface area (TPSA) is 136 Å². The van der Waals surface area contributed by atoms with Crippen LogP contribution in [0.4, 0.5) is 24.8 Å². The Bertz CT molecular complexity index is 1720. The maximum Gasteiger partial charge on any atom is 0.389 e. The summed E-state index contributed by atoms with van der Waals surface area (Å²) in [4.78, 5) is 34.0. The van der Waals surface area contributed by atoms with Crippen LogP contribution in [-0.2, 0) is 28.0 Å². The number of carbonyl (C=O) groups excluding carboxylic acids is 1. The zero-order valence-corrected chi connectivity index (χ0v) is 23.8. The molecule has 3 heterocycles. The molecule has 1 aliphatic rings. The Morgan fingerprint density at radius 2 is 1.83 bits per heavy atom. The summed E-state index contributed by atoms with van der Waals surface area (Å²) in [5.41, 5.74) is 6.86. The largest absolute Gasteiger partial charge is 0.481 e. The van der Waals surface area contributed by atoms with Crippen molar-refractivity contribution in [1.82, 2.24) is 19.7 Å². The molecular formula is C29H28ClF3N6O3. The van der Waals surface area contributed by atoms with Crippen LogP contribution >= 0.6 is 11.6 Å². The van der Waals surface area contributed by atoms with Crippen molar-refractivity contribution in [3.63, 3.8) is 0 Å². The number of hydrogen-bond donors (Lipinski definition) is 3. The lowest BCUT2D eigenvalue weighted by molar-refractivity contribution is -0.146. The normalized spacial score (nSPS) is 17.0. The number of anilines is 2. The summed E-state index contributed by atoms with van der Waals surface area (Å²) in [5.74, 6) is -0.937. The third-order valence-corrected chi connectivity index (χ3v) is 7.87. The predicted molar refractivity (Wildman–Crippen MR) is 152 cm³/mol. The first-order chi connectivity index (χ1) is 19.6. The Labute approximate surface area is 243 Å². The van der Waals surface area contributed by atoms with Crippen LogP contribution in [-0.4, -0.2) is 42.9 Å². The van der Waals surface area contributed by atoms with Crippen LogP contribution in [0, 0.1) is 5.41 Å². The summed E-state index contributed by atoms with van der Waals surface area (Å²) in [6.07, 6.45) is -5.13. The number of amides is 1. The fourth-order valence-electron chi connectivity index (χ4n) is 5.24. The molecule has 0 fully saturated rings. The number of aromatic nitrogens is 4. The maximum absolute atomic E-state index is 13.4. The summed E-state index contributed by atoms with van der Waals surface area (Å²) < 4.78 is 39.7. The van der Waals surface area contributed by atoms with Crippen molar-refractivity contribution < 1.29 is 27.9 Å². The number of aryl methyl sites for hydroxylation is 1. The highest BCUT2D eigenvalue weighted by molar-refractivity contribution is 6.31. The molecule has 1 aliphatic heterocycles. The van der Waals surface area contributed by atoms with Crippen LogP contribution in [0.5, 0.6) is 0 Å². The van der Waals surface area contributed by atoms with E-state index in [1.54, 1.807) is 63.2 Å². The lowest BCUT2D eigenvalue weighted by Crippen LogP contribution is -2.33. The van der Waals surface area contributed by atoms with Gasteiger partial charge in [-0.25, -0.2) is 9.97 Å². The molecule has 0 saturated carbocycles. The first-order valence-corrected chi connectivity index (χ1v) is 13.5. The van der Waals surface area contributed by atoms with E-state index < -0.39 is 29.4 Å². The Morgan fingerprint density at radius 1 is 1.14 bits per heavy atom. The average Bonchev–Trinajstić information content (AvgIpc) is 3.38. The number of carboxylic acid groups (broad SMARTS) is 1.